The summed E-state index contributed by atoms with van der Waals surface area (Å²) >= 11 is 0. The van der Waals surface area contributed by atoms with Crippen molar-refractivity contribution < 1.29 is 13.2 Å². The van der Waals surface area contributed by atoms with E-state index in [1.807, 2.05) is 18.2 Å². The molecule has 156 valence electrons. The van der Waals surface area contributed by atoms with Gasteiger partial charge in [0.05, 0.1) is 23.1 Å². The molecule has 31 heavy (non-hydrogen) atoms. The van der Waals surface area contributed by atoms with Crippen molar-refractivity contribution in [2.24, 2.45) is 0 Å². The maximum absolute atomic E-state index is 13.3. The SMILES string of the molecule is CCn1c2ccccc2c2cc(-n3nccc3-c3cc(C)cc(C(F)(F)F)c3)ccc21. The van der Waals surface area contributed by atoms with Crippen molar-refractivity contribution in [1.29, 1.82) is 0 Å². The fourth-order valence-corrected chi connectivity index (χ4v) is 4.34. The number of benzene rings is 3. The molecule has 3 nitrogen and oxygen atoms in total. The molecule has 0 fully saturated rings. The fraction of sp³-hybridized carbons (Fsp3) is 0.160. The van der Waals surface area contributed by atoms with E-state index < -0.39 is 11.7 Å². The van der Waals surface area contributed by atoms with E-state index in [-0.39, 0.29) is 0 Å². The van der Waals surface area contributed by atoms with Gasteiger partial charge >= 0.3 is 6.18 Å². The van der Waals surface area contributed by atoms with Crippen LogP contribution in [0.2, 0.25) is 0 Å². The van der Waals surface area contributed by atoms with Crippen LogP contribution in [0, 0.1) is 6.92 Å². The minimum Gasteiger partial charge on any atom is -0.341 e. The molecule has 0 aliphatic rings. The van der Waals surface area contributed by atoms with Gasteiger partial charge in [-0.25, -0.2) is 4.68 Å². The van der Waals surface area contributed by atoms with Crippen LogP contribution in [0.3, 0.4) is 0 Å². The van der Waals surface area contributed by atoms with Crippen LogP contribution in [0.5, 0.6) is 0 Å². The predicted molar refractivity (Wildman–Crippen MR) is 117 cm³/mol. The van der Waals surface area contributed by atoms with E-state index in [9.17, 15) is 13.2 Å². The summed E-state index contributed by atoms with van der Waals surface area (Å²) in [7, 11) is 0. The molecule has 6 heteroatoms. The van der Waals surface area contributed by atoms with Crippen LogP contribution in [-0.2, 0) is 12.7 Å². The summed E-state index contributed by atoms with van der Waals surface area (Å²) in [5, 5.41) is 6.66. The van der Waals surface area contributed by atoms with Crippen LogP contribution < -0.4 is 0 Å². The second-order valence-electron chi connectivity index (χ2n) is 7.68. The molecule has 0 saturated carbocycles. The normalized spacial score (nSPS) is 12.2. The Morgan fingerprint density at radius 3 is 2.42 bits per heavy atom. The summed E-state index contributed by atoms with van der Waals surface area (Å²) in [6.07, 6.45) is -2.78. The molecular weight excluding hydrogens is 399 g/mol. The summed E-state index contributed by atoms with van der Waals surface area (Å²) in [6, 6.07) is 20.1. The molecule has 0 radical (unpaired) electrons. The Bertz CT molecular complexity index is 1420. The van der Waals surface area contributed by atoms with E-state index in [1.165, 1.54) is 6.07 Å². The highest BCUT2D eigenvalue weighted by Crippen LogP contribution is 2.35. The van der Waals surface area contributed by atoms with Crippen LogP contribution >= 0.6 is 0 Å². The summed E-state index contributed by atoms with van der Waals surface area (Å²) in [6.45, 7) is 4.63. The average molecular weight is 419 g/mol. The molecule has 5 rings (SSSR count). The monoisotopic (exact) mass is 419 g/mol. The number of fused-ring (bicyclic) bond motifs is 3. The Morgan fingerprint density at radius 1 is 0.871 bits per heavy atom. The van der Waals surface area contributed by atoms with Gasteiger partial charge < -0.3 is 4.57 Å². The van der Waals surface area contributed by atoms with Crippen molar-refractivity contribution >= 4 is 21.8 Å². The number of rotatable bonds is 3. The largest absolute Gasteiger partial charge is 0.416 e. The van der Waals surface area contributed by atoms with E-state index in [0.717, 1.165) is 40.1 Å². The van der Waals surface area contributed by atoms with E-state index in [4.69, 9.17) is 0 Å². The lowest BCUT2D eigenvalue weighted by Crippen LogP contribution is -2.06. The second-order valence-corrected chi connectivity index (χ2v) is 7.68. The lowest BCUT2D eigenvalue weighted by molar-refractivity contribution is -0.137. The zero-order chi connectivity index (χ0) is 21.8. The third kappa shape index (κ3) is 3.19. The van der Waals surface area contributed by atoms with Crippen molar-refractivity contribution in [2.45, 2.75) is 26.6 Å². The number of aryl methyl sites for hydroxylation is 2. The molecule has 0 N–H and O–H groups in total. The molecule has 0 amide bonds. The highest BCUT2D eigenvalue weighted by Gasteiger charge is 2.31. The first-order valence-electron chi connectivity index (χ1n) is 10.1. The highest BCUT2D eigenvalue weighted by molar-refractivity contribution is 6.08. The maximum Gasteiger partial charge on any atom is 0.416 e. The third-order valence-corrected chi connectivity index (χ3v) is 5.66. The molecule has 0 atom stereocenters. The Labute approximate surface area is 177 Å². The van der Waals surface area contributed by atoms with Gasteiger partial charge in [0.2, 0.25) is 0 Å². The quantitative estimate of drug-likeness (QED) is 0.309. The molecule has 3 aromatic carbocycles. The number of aromatic nitrogens is 3. The third-order valence-electron chi connectivity index (χ3n) is 5.66. The molecular formula is C25H20F3N3. The summed E-state index contributed by atoms with van der Waals surface area (Å²) in [5.74, 6) is 0. The zero-order valence-electron chi connectivity index (χ0n) is 17.1. The van der Waals surface area contributed by atoms with Gasteiger partial charge in [0.1, 0.15) is 0 Å². The van der Waals surface area contributed by atoms with Gasteiger partial charge in [-0.3, -0.25) is 0 Å². The molecule has 0 saturated heterocycles. The Morgan fingerprint density at radius 2 is 1.65 bits per heavy atom. The Kier molecular flexibility index (Phi) is 4.39. The summed E-state index contributed by atoms with van der Waals surface area (Å²) in [5.41, 5.74) is 4.09. The average Bonchev–Trinajstić information content (AvgIpc) is 3.35. The number of hydrogen-bond donors (Lipinski definition) is 0. The predicted octanol–water partition coefficient (Wildman–Crippen LogP) is 6.99. The molecule has 5 aromatic rings. The van der Waals surface area contributed by atoms with Gasteiger partial charge in [0.15, 0.2) is 0 Å². The zero-order valence-corrected chi connectivity index (χ0v) is 17.1. The second kappa shape index (κ2) is 7.01. The maximum atomic E-state index is 13.3. The molecule has 0 unspecified atom stereocenters. The van der Waals surface area contributed by atoms with E-state index >= 15 is 0 Å². The summed E-state index contributed by atoms with van der Waals surface area (Å²) < 4.78 is 44.0. The molecule has 0 bridgehead atoms. The van der Waals surface area contributed by atoms with Crippen LogP contribution in [0.1, 0.15) is 18.1 Å². The van der Waals surface area contributed by atoms with Gasteiger partial charge in [0.25, 0.3) is 0 Å². The number of para-hydroxylation sites is 1. The molecule has 2 aromatic heterocycles. The van der Waals surface area contributed by atoms with Crippen LogP contribution in [0.15, 0.2) is 72.9 Å². The minimum absolute atomic E-state index is 0.487. The smallest absolute Gasteiger partial charge is 0.341 e. The van der Waals surface area contributed by atoms with Gasteiger partial charge in [-0.05, 0) is 67.9 Å². The molecule has 2 heterocycles. The van der Waals surface area contributed by atoms with Gasteiger partial charge in [0, 0.05) is 33.9 Å². The lowest BCUT2D eigenvalue weighted by Gasteiger charge is -2.13. The molecule has 0 spiro atoms. The fourth-order valence-electron chi connectivity index (χ4n) is 4.34. The lowest BCUT2D eigenvalue weighted by atomic mass is 10.0. The number of alkyl halides is 3. The first-order valence-corrected chi connectivity index (χ1v) is 10.1. The van der Waals surface area contributed by atoms with Gasteiger partial charge in [-0.1, -0.05) is 18.2 Å². The van der Waals surface area contributed by atoms with E-state index in [2.05, 4.69) is 40.9 Å². The number of nitrogens with zero attached hydrogens (tertiary/aromatic N) is 3. The topological polar surface area (TPSA) is 22.8 Å². The van der Waals surface area contributed by atoms with Crippen LogP contribution in [-0.4, -0.2) is 14.3 Å². The van der Waals surface area contributed by atoms with Gasteiger partial charge in [-0.2, -0.15) is 18.3 Å². The van der Waals surface area contributed by atoms with Crippen molar-refractivity contribution in [2.75, 3.05) is 0 Å². The van der Waals surface area contributed by atoms with Crippen molar-refractivity contribution in [3.05, 3.63) is 84.1 Å². The first-order chi connectivity index (χ1) is 14.9. The first kappa shape index (κ1) is 19.4. The van der Waals surface area contributed by atoms with Gasteiger partial charge in [-0.15, -0.1) is 0 Å². The van der Waals surface area contributed by atoms with Crippen molar-refractivity contribution in [3.63, 3.8) is 0 Å². The summed E-state index contributed by atoms with van der Waals surface area (Å²) in [4.78, 5) is 0. The van der Waals surface area contributed by atoms with E-state index in [0.29, 0.717) is 16.8 Å². The minimum atomic E-state index is -4.40. The molecule has 0 aliphatic heterocycles. The number of halogens is 3. The Hall–Kier alpha value is -3.54. The van der Waals surface area contributed by atoms with Crippen LogP contribution in [0.25, 0.3) is 38.8 Å². The highest BCUT2D eigenvalue weighted by atomic mass is 19.4. The van der Waals surface area contributed by atoms with Crippen molar-refractivity contribution in [1.82, 2.24) is 14.3 Å². The van der Waals surface area contributed by atoms with Crippen molar-refractivity contribution in [3.8, 4) is 16.9 Å². The Balaban J connectivity index is 1.70. The van der Waals surface area contributed by atoms with Crippen LogP contribution in [0.4, 0.5) is 13.2 Å². The van der Waals surface area contributed by atoms with E-state index in [1.54, 1.807) is 29.9 Å². The molecule has 0 aliphatic carbocycles. The standard InChI is InChI=1S/C25H20F3N3/c1-3-30-23-7-5-4-6-20(23)21-15-19(8-9-24(21)30)31-22(10-11-29-31)17-12-16(2)13-18(14-17)25(26,27)28/h4-15H,3H2,1-2H3. The number of hydrogen-bond acceptors (Lipinski definition) is 1.